The molecule has 0 bridgehead atoms. The van der Waals surface area contributed by atoms with E-state index in [9.17, 15) is 4.79 Å². The fourth-order valence-corrected chi connectivity index (χ4v) is 1.80. The zero-order valence-corrected chi connectivity index (χ0v) is 11.4. The van der Waals surface area contributed by atoms with Gasteiger partial charge in [0, 0.05) is 5.88 Å². The molecule has 2 rings (SSSR count). The van der Waals surface area contributed by atoms with E-state index >= 15 is 0 Å². The maximum atomic E-state index is 11.8. The van der Waals surface area contributed by atoms with Crippen LogP contribution in [0, 0.1) is 0 Å². The minimum absolute atomic E-state index is 0.301. The Morgan fingerprint density at radius 1 is 1.42 bits per heavy atom. The third-order valence-electron chi connectivity index (χ3n) is 2.51. The molecule has 0 saturated heterocycles. The first kappa shape index (κ1) is 13.7. The highest BCUT2D eigenvalue weighted by atomic mass is 35.5. The first-order valence-corrected chi connectivity index (χ1v) is 6.65. The van der Waals surface area contributed by atoms with Gasteiger partial charge >= 0.3 is 6.09 Å². The normalized spacial score (nSPS) is 10.6. The summed E-state index contributed by atoms with van der Waals surface area (Å²) in [6.45, 7) is 2.52. The van der Waals surface area contributed by atoms with Gasteiger partial charge in [-0.15, -0.1) is 16.7 Å². The SMILES string of the molecule is CCOC(=O)n1nc(OCCCCl)c2ccccc21. The van der Waals surface area contributed by atoms with Gasteiger partial charge in [0.15, 0.2) is 0 Å². The molecular formula is C13H15ClN2O3. The second kappa shape index (κ2) is 6.43. The van der Waals surface area contributed by atoms with Gasteiger partial charge in [-0.1, -0.05) is 12.1 Å². The van der Waals surface area contributed by atoms with Gasteiger partial charge in [-0.25, -0.2) is 4.79 Å². The molecule has 0 atom stereocenters. The van der Waals surface area contributed by atoms with Crippen LogP contribution in [-0.2, 0) is 4.74 Å². The third-order valence-corrected chi connectivity index (χ3v) is 2.78. The molecule has 2 aromatic rings. The van der Waals surface area contributed by atoms with E-state index < -0.39 is 6.09 Å². The summed E-state index contributed by atoms with van der Waals surface area (Å²) >= 11 is 5.60. The fourth-order valence-electron chi connectivity index (χ4n) is 1.69. The maximum Gasteiger partial charge on any atom is 0.435 e. The number of hydrogen-bond acceptors (Lipinski definition) is 4. The minimum Gasteiger partial charge on any atom is -0.476 e. The molecule has 19 heavy (non-hydrogen) atoms. The quantitative estimate of drug-likeness (QED) is 0.625. The molecule has 5 nitrogen and oxygen atoms in total. The van der Waals surface area contributed by atoms with Gasteiger partial charge in [0.05, 0.1) is 24.1 Å². The summed E-state index contributed by atoms with van der Waals surface area (Å²) < 4.78 is 11.7. The topological polar surface area (TPSA) is 53.4 Å². The Morgan fingerprint density at radius 2 is 2.21 bits per heavy atom. The predicted octanol–water partition coefficient (Wildman–Crippen LogP) is 3.05. The van der Waals surface area contributed by atoms with Crippen LogP contribution in [-0.4, -0.2) is 35.0 Å². The molecule has 1 heterocycles. The molecule has 0 aliphatic rings. The van der Waals surface area contributed by atoms with Crippen molar-refractivity contribution in [3.8, 4) is 5.88 Å². The summed E-state index contributed by atoms with van der Waals surface area (Å²) in [4.78, 5) is 11.8. The van der Waals surface area contributed by atoms with Crippen LogP contribution in [0.15, 0.2) is 24.3 Å². The summed E-state index contributed by atoms with van der Waals surface area (Å²) in [5.41, 5.74) is 0.668. The second-order valence-electron chi connectivity index (χ2n) is 3.82. The second-order valence-corrected chi connectivity index (χ2v) is 4.20. The van der Waals surface area contributed by atoms with E-state index in [-0.39, 0.29) is 0 Å². The highest BCUT2D eigenvalue weighted by Crippen LogP contribution is 2.24. The van der Waals surface area contributed by atoms with E-state index in [0.29, 0.717) is 30.5 Å². The molecule has 0 aliphatic heterocycles. The van der Waals surface area contributed by atoms with Crippen LogP contribution >= 0.6 is 11.6 Å². The lowest BCUT2D eigenvalue weighted by atomic mass is 10.2. The van der Waals surface area contributed by atoms with E-state index in [1.54, 1.807) is 13.0 Å². The number of para-hydroxylation sites is 1. The Kier molecular flexibility index (Phi) is 4.63. The first-order chi connectivity index (χ1) is 9.27. The third kappa shape index (κ3) is 2.98. The summed E-state index contributed by atoms with van der Waals surface area (Å²) in [5, 5.41) is 4.94. The molecule has 102 valence electrons. The number of halogens is 1. The molecule has 0 unspecified atom stereocenters. The van der Waals surface area contributed by atoms with Crippen LogP contribution in [0.5, 0.6) is 5.88 Å². The van der Waals surface area contributed by atoms with Crippen molar-refractivity contribution in [2.24, 2.45) is 0 Å². The van der Waals surface area contributed by atoms with Crippen LogP contribution in [0.2, 0.25) is 0 Å². The number of rotatable bonds is 5. The lowest BCUT2D eigenvalue weighted by Gasteiger charge is -2.01. The first-order valence-electron chi connectivity index (χ1n) is 6.11. The van der Waals surface area contributed by atoms with Crippen LogP contribution in [0.4, 0.5) is 4.79 Å². The predicted molar refractivity (Wildman–Crippen MR) is 73.0 cm³/mol. The summed E-state index contributed by atoms with van der Waals surface area (Å²) in [7, 11) is 0. The molecule has 0 N–H and O–H groups in total. The van der Waals surface area contributed by atoms with Gasteiger partial charge in [-0.2, -0.15) is 4.68 Å². The number of carbonyl (C=O) groups is 1. The van der Waals surface area contributed by atoms with E-state index in [2.05, 4.69) is 5.10 Å². The van der Waals surface area contributed by atoms with Crippen molar-refractivity contribution in [3.63, 3.8) is 0 Å². The highest BCUT2D eigenvalue weighted by Gasteiger charge is 2.16. The van der Waals surface area contributed by atoms with Gasteiger partial charge in [-0.3, -0.25) is 0 Å². The van der Waals surface area contributed by atoms with E-state index in [0.717, 1.165) is 11.8 Å². The van der Waals surface area contributed by atoms with Crippen LogP contribution in [0.25, 0.3) is 10.9 Å². The van der Waals surface area contributed by atoms with Crippen LogP contribution in [0.1, 0.15) is 13.3 Å². The van der Waals surface area contributed by atoms with Crippen molar-refractivity contribution in [1.82, 2.24) is 9.78 Å². The number of fused-ring (bicyclic) bond motifs is 1. The summed E-state index contributed by atoms with van der Waals surface area (Å²) in [6.07, 6.45) is 0.216. The Morgan fingerprint density at radius 3 is 2.95 bits per heavy atom. The highest BCUT2D eigenvalue weighted by molar-refractivity contribution is 6.17. The molecule has 0 fully saturated rings. The maximum absolute atomic E-state index is 11.8. The molecule has 6 heteroatoms. The minimum atomic E-state index is -0.508. The molecule has 1 aromatic heterocycles. The number of benzene rings is 1. The monoisotopic (exact) mass is 282 g/mol. The lowest BCUT2D eigenvalue weighted by Crippen LogP contribution is -2.15. The Bertz CT molecular complexity index is 568. The molecule has 0 radical (unpaired) electrons. The van der Waals surface area contributed by atoms with E-state index in [4.69, 9.17) is 21.1 Å². The van der Waals surface area contributed by atoms with E-state index in [1.807, 2.05) is 18.2 Å². The summed E-state index contributed by atoms with van der Waals surface area (Å²) in [6, 6.07) is 7.36. The number of carbonyl (C=O) groups excluding carboxylic acids is 1. The fraction of sp³-hybridized carbons (Fsp3) is 0.385. The molecule has 0 aliphatic carbocycles. The number of ether oxygens (including phenoxy) is 2. The molecular weight excluding hydrogens is 268 g/mol. The Balaban J connectivity index is 2.34. The van der Waals surface area contributed by atoms with Gasteiger partial charge in [-0.05, 0) is 25.5 Å². The van der Waals surface area contributed by atoms with E-state index in [1.165, 1.54) is 4.68 Å². The summed E-state index contributed by atoms with van der Waals surface area (Å²) in [5.74, 6) is 0.949. The van der Waals surface area contributed by atoms with Crippen LogP contribution in [0.3, 0.4) is 0 Å². The number of hydrogen-bond donors (Lipinski definition) is 0. The largest absolute Gasteiger partial charge is 0.476 e. The molecule has 1 aromatic carbocycles. The standard InChI is InChI=1S/C13H15ClN2O3/c1-2-18-13(17)16-11-7-4-3-6-10(11)12(15-16)19-9-5-8-14/h3-4,6-7H,2,5,8-9H2,1H3. The zero-order valence-electron chi connectivity index (χ0n) is 10.6. The van der Waals surface area contributed by atoms with Crippen LogP contribution < -0.4 is 4.74 Å². The number of alkyl halides is 1. The smallest absolute Gasteiger partial charge is 0.435 e. The Hall–Kier alpha value is -1.75. The molecule has 0 amide bonds. The number of nitrogens with zero attached hydrogens (tertiary/aromatic N) is 2. The van der Waals surface area contributed by atoms with Crippen molar-refractivity contribution < 1.29 is 14.3 Å². The van der Waals surface area contributed by atoms with Gasteiger partial charge in [0.1, 0.15) is 0 Å². The van der Waals surface area contributed by atoms with Gasteiger partial charge in [0.2, 0.25) is 5.88 Å². The van der Waals surface area contributed by atoms with Crippen molar-refractivity contribution in [2.75, 3.05) is 19.1 Å². The number of aromatic nitrogens is 2. The van der Waals surface area contributed by atoms with Gasteiger partial charge in [0.25, 0.3) is 0 Å². The van der Waals surface area contributed by atoms with Crippen molar-refractivity contribution in [2.45, 2.75) is 13.3 Å². The Labute approximate surface area is 116 Å². The average molecular weight is 283 g/mol. The van der Waals surface area contributed by atoms with Crippen molar-refractivity contribution in [1.29, 1.82) is 0 Å². The lowest BCUT2D eigenvalue weighted by molar-refractivity contribution is 0.151. The zero-order chi connectivity index (χ0) is 13.7. The van der Waals surface area contributed by atoms with Crippen molar-refractivity contribution >= 4 is 28.6 Å². The molecule has 0 spiro atoms. The molecule has 0 saturated carbocycles. The average Bonchev–Trinajstić information content (AvgIpc) is 2.79. The van der Waals surface area contributed by atoms with Gasteiger partial charge < -0.3 is 9.47 Å². The van der Waals surface area contributed by atoms with Crippen molar-refractivity contribution in [3.05, 3.63) is 24.3 Å².